The number of rotatable bonds is 0. The first-order valence-electron chi connectivity index (χ1n) is 3.19. The van der Waals surface area contributed by atoms with Crippen molar-refractivity contribution in [1.29, 1.82) is 0 Å². The topological polar surface area (TPSA) is 9.23 Å². The van der Waals surface area contributed by atoms with Crippen molar-refractivity contribution in [2.24, 2.45) is 0 Å². The standard InChI is InChI=1S/C7H12OS/c1-5-4-8-6(2)7(3)9-5/h4,6-7H,1-3H3. The van der Waals surface area contributed by atoms with E-state index in [0.717, 1.165) is 0 Å². The van der Waals surface area contributed by atoms with E-state index in [4.69, 9.17) is 4.74 Å². The first kappa shape index (κ1) is 7.00. The Hall–Kier alpha value is -0.110. The third-order valence-electron chi connectivity index (χ3n) is 1.48. The molecular formula is C7H12OS. The number of hydrogen-bond donors (Lipinski definition) is 0. The fraction of sp³-hybridized carbons (Fsp3) is 0.714. The molecule has 0 radical (unpaired) electrons. The van der Waals surface area contributed by atoms with Gasteiger partial charge in [-0.1, -0.05) is 0 Å². The van der Waals surface area contributed by atoms with Gasteiger partial charge >= 0.3 is 0 Å². The summed E-state index contributed by atoms with van der Waals surface area (Å²) < 4.78 is 5.32. The van der Waals surface area contributed by atoms with Gasteiger partial charge in [0.15, 0.2) is 0 Å². The SMILES string of the molecule is CC1=COC(C)C(C)S1. The normalized spacial score (nSPS) is 35.2. The maximum atomic E-state index is 5.32. The van der Waals surface area contributed by atoms with Crippen LogP contribution >= 0.6 is 11.8 Å². The molecule has 0 fully saturated rings. The van der Waals surface area contributed by atoms with E-state index in [1.165, 1.54) is 4.91 Å². The minimum Gasteiger partial charge on any atom is -0.496 e. The van der Waals surface area contributed by atoms with E-state index in [2.05, 4.69) is 20.8 Å². The second kappa shape index (κ2) is 2.65. The molecule has 2 heteroatoms. The van der Waals surface area contributed by atoms with Gasteiger partial charge in [-0.25, -0.2) is 0 Å². The summed E-state index contributed by atoms with van der Waals surface area (Å²) in [5.74, 6) is 0. The lowest BCUT2D eigenvalue weighted by Gasteiger charge is -2.24. The quantitative estimate of drug-likeness (QED) is 0.516. The summed E-state index contributed by atoms with van der Waals surface area (Å²) in [5, 5.41) is 0.606. The predicted molar refractivity (Wildman–Crippen MR) is 41.4 cm³/mol. The Bertz CT molecular complexity index is 131. The molecule has 1 nitrogen and oxygen atoms in total. The zero-order valence-corrected chi connectivity index (χ0v) is 6.87. The third kappa shape index (κ3) is 1.65. The largest absolute Gasteiger partial charge is 0.496 e. The van der Waals surface area contributed by atoms with Crippen LogP contribution in [0, 0.1) is 0 Å². The maximum absolute atomic E-state index is 5.32. The van der Waals surface area contributed by atoms with Crippen LogP contribution in [0.1, 0.15) is 20.8 Å². The Morgan fingerprint density at radius 1 is 1.56 bits per heavy atom. The van der Waals surface area contributed by atoms with Crippen LogP contribution in [0.25, 0.3) is 0 Å². The summed E-state index contributed by atoms with van der Waals surface area (Å²) in [6.07, 6.45) is 2.22. The van der Waals surface area contributed by atoms with E-state index in [1.54, 1.807) is 0 Å². The molecule has 0 N–H and O–H groups in total. The van der Waals surface area contributed by atoms with E-state index < -0.39 is 0 Å². The molecule has 0 spiro atoms. The van der Waals surface area contributed by atoms with Gasteiger partial charge in [0.25, 0.3) is 0 Å². The number of hydrogen-bond acceptors (Lipinski definition) is 2. The van der Waals surface area contributed by atoms with Crippen molar-refractivity contribution in [3.8, 4) is 0 Å². The molecule has 0 aromatic rings. The molecule has 1 heterocycles. The highest BCUT2D eigenvalue weighted by molar-refractivity contribution is 8.03. The number of allylic oxidation sites excluding steroid dienone is 1. The van der Waals surface area contributed by atoms with Gasteiger partial charge in [-0.05, 0) is 20.8 Å². The summed E-state index contributed by atoms with van der Waals surface area (Å²) >= 11 is 1.89. The molecular weight excluding hydrogens is 132 g/mol. The van der Waals surface area contributed by atoms with Gasteiger partial charge in [0.2, 0.25) is 0 Å². The van der Waals surface area contributed by atoms with E-state index in [-0.39, 0.29) is 0 Å². The summed E-state index contributed by atoms with van der Waals surface area (Å²) in [6.45, 7) is 6.36. The van der Waals surface area contributed by atoms with E-state index >= 15 is 0 Å². The molecule has 52 valence electrons. The van der Waals surface area contributed by atoms with E-state index in [1.807, 2.05) is 18.0 Å². The summed E-state index contributed by atoms with van der Waals surface area (Å²) in [7, 11) is 0. The average Bonchev–Trinajstić information content (AvgIpc) is 1.80. The van der Waals surface area contributed by atoms with Crippen LogP contribution < -0.4 is 0 Å². The lowest BCUT2D eigenvalue weighted by Crippen LogP contribution is -2.20. The highest BCUT2D eigenvalue weighted by atomic mass is 32.2. The van der Waals surface area contributed by atoms with Crippen LogP contribution in [0.2, 0.25) is 0 Å². The smallest absolute Gasteiger partial charge is 0.107 e. The van der Waals surface area contributed by atoms with Crippen molar-refractivity contribution in [1.82, 2.24) is 0 Å². The Morgan fingerprint density at radius 2 is 2.22 bits per heavy atom. The average molecular weight is 144 g/mol. The molecule has 2 unspecified atom stereocenters. The molecule has 1 aliphatic heterocycles. The first-order valence-corrected chi connectivity index (χ1v) is 4.07. The number of ether oxygens (including phenoxy) is 1. The lowest BCUT2D eigenvalue weighted by molar-refractivity contribution is 0.158. The molecule has 0 saturated carbocycles. The van der Waals surface area contributed by atoms with Crippen LogP contribution in [-0.4, -0.2) is 11.4 Å². The Morgan fingerprint density at radius 3 is 2.67 bits per heavy atom. The zero-order valence-electron chi connectivity index (χ0n) is 6.05. The fourth-order valence-electron chi connectivity index (χ4n) is 0.731. The lowest BCUT2D eigenvalue weighted by atomic mass is 10.3. The van der Waals surface area contributed by atoms with Crippen molar-refractivity contribution in [2.75, 3.05) is 0 Å². The third-order valence-corrected chi connectivity index (χ3v) is 2.70. The van der Waals surface area contributed by atoms with Crippen molar-refractivity contribution in [3.05, 3.63) is 11.2 Å². The summed E-state index contributed by atoms with van der Waals surface area (Å²) in [5.41, 5.74) is 0. The first-order chi connectivity index (χ1) is 4.20. The minimum atomic E-state index is 0.374. The monoisotopic (exact) mass is 144 g/mol. The highest BCUT2D eigenvalue weighted by Crippen LogP contribution is 2.29. The Kier molecular flexibility index (Phi) is 2.06. The molecule has 2 atom stereocenters. The molecule has 0 aromatic heterocycles. The number of thioether (sulfide) groups is 1. The van der Waals surface area contributed by atoms with Crippen LogP contribution in [0.5, 0.6) is 0 Å². The highest BCUT2D eigenvalue weighted by Gasteiger charge is 2.17. The minimum absolute atomic E-state index is 0.374. The summed E-state index contributed by atoms with van der Waals surface area (Å²) in [6, 6.07) is 0. The maximum Gasteiger partial charge on any atom is 0.107 e. The van der Waals surface area contributed by atoms with Crippen molar-refractivity contribution in [2.45, 2.75) is 32.1 Å². The summed E-state index contributed by atoms with van der Waals surface area (Å²) in [4.78, 5) is 1.28. The van der Waals surface area contributed by atoms with Gasteiger partial charge < -0.3 is 4.74 Å². The second-order valence-corrected chi connectivity index (χ2v) is 4.02. The molecule has 1 rings (SSSR count). The fourth-order valence-corrected chi connectivity index (χ4v) is 1.68. The van der Waals surface area contributed by atoms with Gasteiger partial charge in [-0.2, -0.15) is 0 Å². The predicted octanol–water partition coefficient (Wildman–Crippen LogP) is 2.39. The van der Waals surface area contributed by atoms with Crippen LogP contribution in [0.4, 0.5) is 0 Å². The zero-order chi connectivity index (χ0) is 6.85. The molecule has 9 heavy (non-hydrogen) atoms. The van der Waals surface area contributed by atoms with Crippen molar-refractivity contribution in [3.63, 3.8) is 0 Å². The van der Waals surface area contributed by atoms with Crippen LogP contribution in [0.15, 0.2) is 11.2 Å². The molecule has 1 aliphatic rings. The molecule has 0 saturated heterocycles. The van der Waals surface area contributed by atoms with E-state index in [0.29, 0.717) is 11.4 Å². The van der Waals surface area contributed by atoms with Gasteiger partial charge in [-0.15, -0.1) is 11.8 Å². The van der Waals surface area contributed by atoms with Gasteiger partial charge in [0, 0.05) is 10.2 Å². The van der Waals surface area contributed by atoms with Gasteiger partial charge in [0.05, 0.1) is 6.26 Å². The van der Waals surface area contributed by atoms with Crippen LogP contribution in [0.3, 0.4) is 0 Å². The van der Waals surface area contributed by atoms with Gasteiger partial charge in [0.1, 0.15) is 6.10 Å². The van der Waals surface area contributed by atoms with Crippen molar-refractivity contribution < 1.29 is 4.74 Å². The van der Waals surface area contributed by atoms with E-state index in [9.17, 15) is 0 Å². The molecule has 0 aliphatic carbocycles. The second-order valence-electron chi connectivity index (χ2n) is 2.39. The van der Waals surface area contributed by atoms with Gasteiger partial charge in [-0.3, -0.25) is 0 Å². The Balaban J connectivity index is 2.54. The Labute approximate surface area is 60.5 Å². The van der Waals surface area contributed by atoms with Crippen LogP contribution in [-0.2, 0) is 4.74 Å². The molecule has 0 amide bonds. The molecule has 0 aromatic carbocycles. The van der Waals surface area contributed by atoms with Crippen molar-refractivity contribution >= 4 is 11.8 Å². The molecule has 0 bridgehead atoms.